The number of amides is 1. The van der Waals surface area contributed by atoms with Crippen LogP contribution < -0.4 is 5.32 Å². The van der Waals surface area contributed by atoms with E-state index in [9.17, 15) is 17.6 Å². The van der Waals surface area contributed by atoms with Crippen molar-refractivity contribution in [2.24, 2.45) is 0 Å². The van der Waals surface area contributed by atoms with Crippen LogP contribution in [0.1, 0.15) is 11.1 Å². The van der Waals surface area contributed by atoms with Gasteiger partial charge in [0, 0.05) is 28.7 Å². The molecule has 5 nitrogen and oxygen atoms in total. The average molecular weight is 471 g/mol. The molecule has 0 saturated heterocycles. The summed E-state index contributed by atoms with van der Waals surface area (Å²) >= 11 is 5.88. The van der Waals surface area contributed by atoms with Gasteiger partial charge in [-0.1, -0.05) is 54.1 Å². The maximum absolute atomic E-state index is 13.5. The van der Waals surface area contributed by atoms with Gasteiger partial charge in [-0.25, -0.2) is 12.8 Å². The van der Waals surface area contributed by atoms with E-state index in [1.54, 1.807) is 47.0 Å². The highest BCUT2D eigenvalue weighted by Crippen LogP contribution is 2.28. The zero-order chi connectivity index (χ0) is 22.7. The van der Waals surface area contributed by atoms with E-state index >= 15 is 0 Å². The van der Waals surface area contributed by atoms with Crippen LogP contribution in [-0.2, 0) is 33.5 Å². The van der Waals surface area contributed by atoms with E-state index in [0.717, 1.165) is 5.56 Å². The zero-order valence-electron chi connectivity index (χ0n) is 17.0. The molecule has 1 N–H and O–H groups in total. The smallest absolute Gasteiger partial charge is 0.240 e. The molecular formula is C24H20ClFN2O3S. The van der Waals surface area contributed by atoms with Crippen LogP contribution in [0, 0.1) is 5.82 Å². The zero-order valence-corrected chi connectivity index (χ0v) is 18.5. The van der Waals surface area contributed by atoms with Crippen LogP contribution in [0.25, 0.3) is 10.9 Å². The Kier molecular flexibility index (Phi) is 6.30. The quantitative estimate of drug-likeness (QED) is 0.425. The number of carbonyl (C=O) groups is 1. The third-order valence-electron chi connectivity index (χ3n) is 5.05. The van der Waals surface area contributed by atoms with E-state index in [2.05, 4.69) is 5.32 Å². The monoisotopic (exact) mass is 470 g/mol. The van der Waals surface area contributed by atoms with E-state index in [4.69, 9.17) is 11.6 Å². The molecule has 164 valence electrons. The minimum absolute atomic E-state index is 0.0381. The summed E-state index contributed by atoms with van der Waals surface area (Å²) in [6, 6.07) is 19.7. The summed E-state index contributed by atoms with van der Waals surface area (Å²) in [5, 5.41) is 3.97. The molecule has 0 unspecified atom stereocenters. The number of nitrogens with one attached hydrogen (secondary N) is 1. The van der Waals surface area contributed by atoms with Crippen LogP contribution in [-0.4, -0.2) is 18.9 Å². The fourth-order valence-electron chi connectivity index (χ4n) is 3.53. The summed E-state index contributed by atoms with van der Waals surface area (Å²) in [4.78, 5) is 12.6. The minimum Gasteiger partial charge on any atom is -0.350 e. The van der Waals surface area contributed by atoms with Crippen LogP contribution in [0.4, 0.5) is 4.39 Å². The molecule has 0 saturated carbocycles. The highest BCUT2D eigenvalue weighted by Gasteiger charge is 2.22. The van der Waals surface area contributed by atoms with Gasteiger partial charge in [-0.3, -0.25) is 4.79 Å². The maximum Gasteiger partial charge on any atom is 0.240 e. The van der Waals surface area contributed by atoms with Gasteiger partial charge in [-0.15, -0.1) is 0 Å². The molecule has 0 aliphatic heterocycles. The molecule has 0 atom stereocenters. The lowest BCUT2D eigenvalue weighted by Gasteiger charge is -2.07. The number of sulfone groups is 1. The summed E-state index contributed by atoms with van der Waals surface area (Å²) in [5.74, 6) is -1.08. The van der Waals surface area contributed by atoms with Gasteiger partial charge < -0.3 is 9.88 Å². The number of aromatic nitrogens is 1. The molecule has 0 spiro atoms. The number of hydrogen-bond acceptors (Lipinski definition) is 3. The molecule has 4 rings (SSSR count). The lowest BCUT2D eigenvalue weighted by molar-refractivity contribution is -0.121. The molecule has 3 aromatic carbocycles. The molecule has 0 radical (unpaired) electrons. The average Bonchev–Trinajstić information content (AvgIpc) is 3.12. The Bertz CT molecular complexity index is 1380. The first kappa shape index (κ1) is 22.0. The summed E-state index contributed by atoms with van der Waals surface area (Å²) in [5.41, 5.74) is 1.90. The van der Waals surface area contributed by atoms with Crippen molar-refractivity contribution in [1.82, 2.24) is 9.88 Å². The van der Waals surface area contributed by atoms with Crippen LogP contribution in [0.2, 0.25) is 5.02 Å². The molecule has 1 amide bonds. The Hall–Kier alpha value is -3.16. The van der Waals surface area contributed by atoms with Gasteiger partial charge in [0.1, 0.15) is 12.4 Å². The van der Waals surface area contributed by atoms with Crippen LogP contribution in [0.3, 0.4) is 0 Å². The van der Waals surface area contributed by atoms with Crippen molar-refractivity contribution in [3.8, 4) is 0 Å². The van der Waals surface area contributed by atoms with Crippen molar-refractivity contribution in [2.45, 2.75) is 23.7 Å². The Morgan fingerprint density at radius 3 is 2.47 bits per heavy atom. The summed E-state index contributed by atoms with van der Waals surface area (Å²) in [6.07, 6.45) is 1.47. The van der Waals surface area contributed by atoms with Crippen molar-refractivity contribution in [1.29, 1.82) is 0 Å². The Labute approximate surface area is 190 Å². The van der Waals surface area contributed by atoms with Gasteiger partial charge in [0.2, 0.25) is 5.91 Å². The Balaban J connectivity index is 1.57. The van der Waals surface area contributed by atoms with E-state index in [1.807, 2.05) is 12.1 Å². The normalized spacial score (nSPS) is 11.6. The largest absolute Gasteiger partial charge is 0.350 e. The molecule has 8 heteroatoms. The number of benzene rings is 3. The van der Waals surface area contributed by atoms with Crippen molar-refractivity contribution < 1.29 is 17.6 Å². The van der Waals surface area contributed by atoms with Gasteiger partial charge in [-0.2, -0.15) is 0 Å². The van der Waals surface area contributed by atoms with Crippen molar-refractivity contribution in [3.63, 3.8) is 0 Å². The van der Waals surface area contributed by atoms with E-state index in [0.29, 0.717) is 28.0 Å². The highest BCUT2D eigenvalue weighted by molar-refractivity contribution is 7.90. The van der Waals surface area contributed by atoms with Crippen molar-refractivity contribution >= 4 is 38.2 Å². The van der Waals surface area contributed by atoms with E-state index < -0.39 is 15.7 Å². The van der Waals surface area contributed by atoms with Crippen LogP contribution in [0.15, 0.2) is 83.9 Å². The molecule has 0 fully saturated rings. The molecule has 4 aromatic rings. The predicted octanol–water partition coefficient (Wildman–Crippen LogP) is 4.72. The predicted molar refractivity (Wildman–Crippen MR) is 123 cm³/mol. The Morgan fingerprint density at radius 2 is 1.72 bits per heavy atom. The van der Waals surface area contributed by atoms with Crippen molar-refractivity contribution in [3.05, 3.63) is 101 Å². The van der Waals surface area contributed by atoms with E-state index in [-0.39, 0.29) is 23.1 Å². The molecule has 0 bridgehead atoms. The van der Waals surface area contributed by atoms with Gasteiger partial charge in [0.15, 0.2) is 9.84 Å². The third-order valence-corrected chi connectivity index (χ3v) is 7.01. The number of nitrogens with zero attached hydrogens (tertiary/aromatic N) is 1. The summed E-state index contributed by atoms with van der Waals surface area (Å²) < 4.78 is 41.4. The molecular weight excluding hydrogens is 451 g/mol. The summed E-state index contributed by atoms with van der Waals surface area (Å²) in [7, 11) is -3.76. The number of hydrogen-bond donors (Lipinski definition) is 1. The standard InChI is InChI=1S/C24H20ClFN2O3S/c25-19-10-8-17(9-11-19)13-27-24(29)15-28-14-23(21-6-1-2-7-22(21)28)32(30,31)16-18-4-3-5-20(26)12-18/h1-12,14H,13,15-16H2,(H,27,29). The van der Waals surface area contributed by atoms with Gasteiger partial charge in [-0.05, 0) is 41.5 Å². The Morgan fingerprint density at radius 1 is 0.969 bits per heavy atom. The second kappa shape index (κ2) is 9.14. The van der Waals surface area contributed by atoms with Gasteiger partial charge in [0.05, 0.1) is 10.6 Å². The fraction of sp³-hybridized carbons (Fsp3) is 0.125. The lowest BCUT2D eigenvalue weighted by atomic mass is 10.2. The highest BCUT2D eigenvalue weighted by atomic mass is 35.5. The molecule has 0 aliphatic carbocycles. The summed E-state index contributed by atoms with van der Waals surface area (Å²) in [6.45, 7) is 0.295. The SMILES string of the molecule is O=C(Cn1cc(S(=O)(=O)Cc2cccc(F)c2)c2ccccc21)NCc1ccc(Cl)cc1. The first-order chi connectivity index (χ1) is 15.3. The number of para-hydroxylation sites is 1. The van der Waals surface area contributed by atoms with Crippen LogP contribution in [0.5, 0.6) is 0 Å². The first-order valence-electron chi connectivity index (χ1n) is 9.88. The van der Waals surface area contributed by atoms with Crippen LogP contribution >= 0.6 is 11.6 Å². The third kappa shape index (κ3) is 5.00. The number of halogens is 2. The first-order valence-corrected chi connectivity index (χ1v) is 11.9. The number of fused-ring (bicyclic) bond motifs is 1. The minimum atomic E-state index is -3.76. The molecule has 1 aromatic heterocycles. The van der Waals surface area contributed by atoms with Gasteiger partial charge in [0.25, 0.3) is 0 Å². The van der Waals surface area contributed by atoms with Crippen molar-refractivity contribution in [2.75, 3.05) is 0 Å². The molecule has 1 heterocycles. The van der Waals surface area contributed by atoms with Gasteiger partial charge >= 0.3 is 0 Å². The maximum atomic E-state index is 13.5. The second-order valence-electron chi connectivity index (χ2n) is 7.43. The number of carbonyl (C=O) groups excluding carboxylic acids is 1. The van der Waals surface area contributed by atoms with E-state index in [1.165, 1.54) is 24.4 Å². The molecule has 0 aliphatic rings. The second-order valence-corrected chi connectivity index (χ2v) is 9.83. The number of rotatable bonds is 7. The molecule has 32 heavy (non-hydrogen) atoms. The topological polar surface area (TPSA) is 68.2 Å². The lowest BCUT2D eigenvalue weighted by Crippen LogP contribution is -2.26. The fourth-order valence-corrected chi connectivity index (χ4v) is 5.22.